The SMILES string of the molecule is O=C(NCC1CCCO1)c1cnc(-c2cccs2)nc1. The summed E-state index contributed by atoms with van der Waals surface area (Å²) in [5.74, 6) is 0.494. The van der Waals surface area contributed by atoms with Gasteiger partial charge in [-0.15, -0.1) is 11.3 Å². The van der Waals surface area contributed by atoms with E-state index in [0.29, 0.717) is 17.9 Å². The Labute approximate surface area is 121 Å². The molecule has 0 aliphatic carbocycles. The van der Waals surface area contributed by atoms with Crippen molar-refractivity contribution in [1.29, 1.82) is 0 Å². The summed E-state index contributed by atoms with van der Waals surface area (Å²) in [6.45, 7) is 1.34. The standard InChI is InChI=1S/C14H15N3O2S/c18-14(17-9-11-3-1-5-19-11)10-7-15-13(16-8-10)12-4-2-6-20-12/h2,4,6-8,11H,1,3,5,9H2,(H,17,18). The van der Waals surface area contributed by atoms with Crippen LogP contribution in [0, 0.1) is 0 Å². The molecule has 2 aromatic heterocycles. The smallest absolute Gasteiger partial charge is 0.254 e. The van der Waals surface area contributed by atoms with Crippen LogP contribution in [0.5, 0.6) is 0 Å². The van der Waals surface area contributed by atoms with E-state index in [-0.39, 0.29) is 12.0 Å². The van der Waals surface area contributed by atoms with Crippen molar-refractivity contribution in [2.75, 3.05) is 13.2 Å². The number of ether oxygens (including phenoxy) is 1. The second-order valence-electron chi connectivity index (χ2n) is 4.62. The number of carbonyl (C=O) groups excluding carboxylic acids is 1. The lowest BCUT2D eigenvalue weighted by molar-refractivity contribution is 0.0857. The Bertz CT molecular complexity index is 563. The molecule has 6 heteroatoms. The summed E-state index contributed by atoms with van der Waals surface area (Å²) >= 11 is 1.58. The number of nitrogens with zero attached hydrogens (tertiary/aromatic N) is 2. The van der Waals surface area contributed by atoms with Gasteiger partial charge in [-0.05, 0) is 24.3 Å². The largest absolute Gasteiger partial charge is 0.376 e. The van der Waals surface area contributed by atoms with Crippen LogP contribution in [0.2, 0.25) is 0 Å². The summed E-state index contributed by atoms with van der Waals surface area (Å²) in [5.41, 5.74) is 0.475. The molecule has 1 amide bonds. The van der Waals surface area contributed by atoms with Crippen molar-refractivity contribution in [3.8, 4) is 10.7 Å². The highest BCUT2D eigenvalue weighted by Gasteiger charge is 2.17. The number of amides is 1. The number of hydrogen-bond acceptors (Lipinski definition) is 5. The number of carbonyl (C=O) groups is 1. The molecule has 1 saturated heterocycles. The first-order valence-electron chi connectivity index (χ1n) is 6.58. The first kappa shape index (κ1) is 13.2. The number of hydrogen-bond donors (Lipinski definition) is 1. The van der Waals surface area contributed by atoms with Gasteiger partial charge in [0.25, 0.3) is 5.91 Å². The maximum Gasteiger partial charge on any atom is 0.254 e. The van der Waals surface area contributed by atoms with Gasteiger partial charge in [0.05, 0.1) is 16.5 Å². The van der Waals surface area contributed by atoms with Gasteiger partial charge in [0, 0.05) is 25.5 Å². The Morgan fingerprint density at radius 1 is 1.45 bits per heavy atom. The topological polar surface area (TPSA) is 64.1 Å². The molecule has 1 N–H and O–H groups in total. The van der Waals surface area contributed by atoms with Gasteiger partial charge in [0.15, 0.2) is 5.82 Å². The van der Waals surface area contributed by atoms with Crippen LogP contribution in [0.1, 0.15) is 23.2 Å². The van der Waals surface area contributed by atoms with Crippen molar-refractivity contribution < 1.29 is 9.53 Å². The quantitative estimate of drug-likeness (QED) is 0.936. The van der Waals surface area contributed by atoms with Gasteiger partial charge >= 0.3 is 0 Å². The molecule has 1 unspecified atom stereocenters. The van der Waals surface area contributed by atoms with Crippen LogP contribution in [0.15, 0.2) is 29.9 Å². The molecule has 1 atom stereocenters. The fourth-order valence-electron chi connectivity index (χ4n) is 2.09. The highest BCUT2D eigenvalue weighted by molar-refractivity contribution is 7.13. The summed E-state index contributed by atoms with van der Waals surface area (Å²) < 4.78 is 5.46. The Kier molecular flexibility index (Phi) is 4.03. The van der Waals surface area contributed by atoms with Crippen LogP contribution in [0.3, 0.4) is 0 Å². The summed E-state index contributed by atoms with van der Waals surface area (Å²) in [4.78, 5) is 21.4. The van der Waals surface area contributed by atoms with Crippen LogP contribution in [0.25, 0.3) is 10.7 Å². The van der Waals surface area contributed by atoms with Gasteiger partial charge in [-0.1, -0.05) is 6.07 Å². The van der Waals surface area contributed by atoms with Crippen molar-refractivity contribution in [3.63, 3.8) is 0 Å². The molecule has 1 fully saturated rings. The van der Waals surface area contributed by atoms with Crippen molar-refractivity contribution in [2.45, 2.75) is 18.9 Å². The molecule has 5 nitrogen and oxygen atoms in total. The van der Waals surface area contributed by atoms with Crippen molar-refractivity contribution in [1.82, 2.24) is 15.3 Å². The summed E-state index contributed by atoms with van der Waals surface area (Å²) in [6, 6.07) is 3.91. The lowest BCUT2D eigenvalue weighted by atomic mass is 10.2. The van der Waals surface area contributed by atoms with Crippen LogP contribution >= 0.6 is 11.3 Å². The summed E-state index contributed by atoms with van der Waals surface area (Å²) in [7, 11) is 0. The van der Waals surface area contributed by atoms with Gasteiger partial charge in [-0.25, -0.2) is 9.97 Å². The van der Waals surface area contributed by atoms with Crippen molar-refractivity contribution in [3.05, 3.63) is 35.5 Å². The molecular formula is C14H15N3O2S. The first-order valence-corrected chi connectivity index (χ1v) is 7.46. The highest BCUT2D eigenvalue weighted by Crippen LogP contribution is 2.20. The minimum Gasteiger partial charge on any atom is -0.376 e. The number of nitrogens with one attached hydrogen (secondary N) is 1. The molecular weight excluding hydrogens is 274 g/mol. The molecule has 0 saturated carbocycles. The van der Waals surface area contributed by atoms with Crippen LogP contribution < -0.4 is 5.32 Å². The molecule has 104 valence electrons. The molecule has 3 heterocycles. The zero-order chi connectivity index (χ0) is 13.8. The molecule has 3 rings (SSSR count). The molecule has 0 spiro atoms. The predicted molar refractivity (Wildman–Crippen MR) is 76.7 cm³/mol. The zero-order valence-electron chi connectivity index (χ0n) is 10.9. The van der Waals surface area contributed by atoms with E-state index < -0.39 is 0 Å². The maximum atomic E-state index is 12.0. The van der Waals surface area contributed by atoms with Gasteiger partial charge in [-0.2, -0.15) is 0 Å². The minimum absolute atomic E-state index is 0.144. The first-order chi connectivity index (χ1) is 9.83. The average Bonchev–Trinajstić information content (AvgIpc) is 3.18. The van der Waals surface area contributed by atoms with Crippen molar-refractivity contribution >= 4 is 17.2 Å². The third-order valence-corrected chi connectivity index (χ3v) is 4.04. The predicted octanol–water partition coefficient (Wildman–Crippen LogP) is 2.11. The van der Waals surface area contributed by atoms with E-state index in [2.05, 4.69) is 15.3 Å². The zero-order valence-corrected chi connectivity index (χ0v) is 11.7. The van der Waals surface area contributed by atoms with Gasteiger partial charge in [0.2, 0.25) is 0 Å². The molecule has 20 heavy (non-hydrogen) atoms. The molecule has 0 radical (unpaired) electrons. The Morgan fingerprint density at radius 2 is 2.30 bits per heavy atom. The average molecular weight is 289 g/mol. The van der Waals surface area contributed by atoms with Gasteiger partial charge in [-0.3, -0.25) is 4.79 Å². The fraction of sp³-hybridized carbons (Fsp3) is 0.357. The van der Waals surface area contributed by atoms with E-state index in [0.717, 1.165) is 24.3 Å². The van der Waals surface area contributed by atoms with Gasteiger partial charge < -0.3 is 10.1 Å². The number of thiophene rings is 1. The lowest BCUT2D eigenvalue weighted by Gasteiger charge is -2.10. The fourth-order valence-corrected chi connectivity index (χ4v) is 2.76. The molecule has 1 aliphatic rings. The summed E-state index contributed by atoms with van der Waals surface area (Å²) in [6.07, 6.45) is 5.35. The van der Waals surface area contributed by atoms with E-state index in [9.17, 15) is 4.79 Å². The minimum atomic E-state index is -0.154. The maximum absolute atomic E-state index is 12.0. The van der Waals surface area contributed by atoms with Gasteiger partial charge in [0.1, 0.15) is 0 Å². The van der Waals surface area contributed by atoms with E-state index in [4.69, 9.17) is 4.74 Å². The normalized spacial score (nSPS) is 18.1. The number of aromatic nitrogens is 2. The molecule has 0 bridgehead atoms. The van der Waals surface area contributed by atoms with Crippen molar-refractivity contribution in [2.24, 2.45) is 0 Å². The molecule has 2 aromatic rings. The van der Waals surface area contributed by atoms with Crippen LogP contribution in [-0.4, -0.2) is 35.1 Å². The van der Waals surface area contributed by atoms with E-state index in [1.807, 2.05) is 17.5 Å². The molecule has 0 aromatic carbocycles. The third kappa shape index (κ3) is 3.02. The highest BCUT2D eigenvalue weighted by atomic mass is 32.1. The van der Waals surface area contributed by atoms with E-state index in [1.54, 1.807) is 23.7 Å². The second-order valence-corrected chi connectivity index (χ2v) is 5.57. The molecule has 1 aliphatic heterocycles. The Morgan fingerprint density at radius 3 is 2.95 bits per heavy atom. The number of rotatable bonds is 4. The third-order valence-electron chi connectivity index (χ3n) is 3.17. The Hall–Kier alpha value is -1.79. The summed E-state index contributed by atoms with van der Waals surface area (Å²) in [5, 5.41) is 4.83. The lowest BCUT2D eigenvalue weighted by Crippen LogP contribution is -2.31. The Balaban J connectivity index is 1.60. The van der Waals surface area contributed by atoms with Crippen LogP contribution in [-0.2, 0) is 4.74 Å². The second kappa shape index (κ2) is 6.11. The van der Waals surface area contributed by atoms with Crippen LogP contribution in [0.4, 0.5) is 0 Å². The van der Waals surface area contributed by atoms with E-state index in [1.165, 1.54) is 0 Å². The monoisotopic (exact) mass is 289 g/mol. The van der Waals surface area contributed by atoms with E-state index >= 15 is 0 Å².